The van der Waals surface area contributed by atoms with Gasteiger partial charge < -0.3 is 15.5 Å². The van der Waals surface area contributed by atoms with E-state index in [1.54, 1.807) is 6.08 Å². The van der Waals surface area contributed by atoms with Crippen LogP contribution in [0.3, 0.4) is 0 Å². The number of aliphatic hydroxyl groups excluding tert-OH is 2. The Kier molecular flexibility index (Phi) is 37.4. The van der Waals surface area contributed by atoms with Crippen LogP contribution in [0.1, 0.15) is 200 Å². The Morgan fingerprint density at radius 2 is 0.957 bits per heavy atom. The van der Waals surface area contributed by atoms with E-state index in [0.717, 1.165) is 44.9 Å². The molecule has 0 heterocycles. The molecule has 0 aromatic rings. The SMILES string of the molecule is CC/C=C\C/C=C\CCCCCCCCCCCCCCCCC(=O)NC(CO)C(O)/C=C/CC/C=C/CCCCCCCCCC. The van der Waals surface area contributed by atoms with Crippen LogP contribution < -0.4 is 5.32 Å². The maximum Gasteiger partial charge on any atom is 0.220 e. The van der Waals surface area contributed by atoms with Gasteiger partial charge in [0.2, 0.25) is 5.91 Å². The lowest BCUT2D eigenvalue weighted by atomic mass is 10.0. The first-order valence-corrected chi connectivity index (χ1v) is 20.4. The molecule has 0 aliphatic rings. The maximum atomic E-state index is 12.3. The number of amides is 1. The Bertz CT molecular complexity index is 756. The summed E-state index contributed by atoms with van der Waals surface area (Å²) in [6.45, 7) is 4.18. The normalized spacial score (nSPS) is 13.5. The van der Waals surface area contributed by atoms with Crippen molar-refractivity contribution in [1.82, 2.24) is 5.32 Å². The summed E-state index contributed by atoms with van der Waals surface area (Å²) in [4.78, 5) is 12.3. The van der Waals surface area contributed by atoms with Gasteiger partial charge in [-0.25, -0.2) is 0 Å². The van der Waals surface area contributed by atoms with Crippen molar-refractivity contribution >= 4 is 5.91 Å². The molecule has 0 aliphatic heterocycles. The van der Waals surface area contributed by atoms with Crippen molar-refractivity contribution < 1.29 is 15.0 Å². The lowest BCUT2D eigenvalue weighted by Gasteiger charge is -2.19. The molecule has 0 aromatic carbocycles. The van der Waals surface area contributed by atoms with Crippen molar-refractivity contribution in [2.75, 3.05) is 6.61 Å². The highest BCUT2D eigenvalue weighted by Crippen LogP contribution is 2.14. The molecule has 0 saturated carbocycles. The van der Waals surface area contributed by atoms with Gasteiger partial charge in [-0.15, -0.1) is 0 Å². The van der Waals surface area contributed by atoms with Crippen LogP contribution >= 0.6 is 0 Å². The highest BCUT2D eigenvalue weighted by atomic mass is 16.3. The fourth-order valence-electron chi connectivity index (χ4n) is 5.94. The first-order valence-electron chi connectivity index (χ1n) is 20.4. The largest absolute Gasteiger partial charge is 0.394 e. The molecule has 1 amide bonds. The summed E-state index contributed by atoms with van der Waals surface area (Å²) >= 11 is 0. The summed E-state index contributed by atoms with van der Waals surface area (Å²) in [6, 6.07) is -0.637. The molecule has 0 aromatic heterocycles. The molecule has 2 unspecified atom stereocenters. The zero-order chi connectivity index (χ0) is 34.3. The van der Waals surface area contributed by atoms with Gasteiger partial charge in [0.05, 0.1) is 18.8 Å². The van der Waals surface area contributed by atoms with Crippen LogP contribution in [0, 0.1) is 0 Å². The van der Waals surface area contributed by atoms with Crippen molar-refractivity contribution in [2.24, 2.45) is 0 Å². The second kappa shape index (κ2) is 38.8. The fourth-order valence-corrected chi connectivity index (χ4v) is 5.94. The number of hydrogen-bond donors (Lipinski definition) is 3. The van der Waals surface area contributed by atoms with E-state index in [9.17, 15) is 15.0 Å². The fraction of sp³-hybridized carbons (Fsp3) is 0.791. The minimum atomic E-state index is -0.860. The average molecular weight is 658 g/mol. The highest BCUT2D eigenvalue weighted by Gasteiger charge is 2.17. The van der Waals surface area contributed by atoms with Gasteiger partial charge >= 0.3 is 0 Å². The second-order valence-electron chi connectivity index (χ2n) is 13.7. The van der Waals surface area contributed by atoms with Crippen LogP contribution in [0.2, 0.25) is 0 Å². The predicted octanol–water partition coefficient (Wildman–Crippen LogP) is 12.4. The van der Waals surface area contributed by atoms with Crippen LogP contribution in [0.4, 0.5) is 0 Å². The van der Waals surface area contributed by atoms with Gasteiger partial charge in [0.25, 0.3) is 0 Å². The molecule has 0 saturated heterocycles. The van der Waals surface area contributed by atoms with Gasteiger partial charge in [-0.3, -0.25) is 4.79 Å². The summed E-state index contributed by atoms with van der Waals surface area (Å²) < 4.78 is 0. The summed E-state index contributed by atoms with van der Waals surface area (Å²) in [5.74, 6) is -0.0762. The predicted molar refractivity (Wildman–Crippen MR) is 207 cm³/mol. The van der Waals surface area contributed by atoms with Gasteiger partial charge in [0.15, 0.2) is 0 Å². The monoisotopic (exact) mass is 658 g/mol. The van der Waals surface area contributed by atoms with E-state index in [4.69, 9.17) is 0 Å². The Balaban J connectivity index is 3.59. The topological polar surface area (TPSA) is 69.6 Å². The molecule has 274 valence electrons. The summed E-state index contributed by atoms with van der Waals surface area (Å²) in [5.41, 5.74) is 0. The first-order chi connectivity index (χ1) is 23.2. The van der Waals surface area contributed by atoms with Crippen LogP contribution in [0.25, 0.3) is 0 Å². The van der Waals surface area contributed by atoms with Crippen molar-refractivity contribution in [3.63, 3.8) is 0 Å². The molecule has 2 atom stereocenters. The number of carbonyl (C=O) groups is 1. The lowest BCUT2D eigenvalue weighted by Crippen LogP contribution is -2.45. The van der Waals surface area contributed by atoms with Gasteiger partial charge in [-0.2, -0.15) is 0 Å². The second-order valence-corrected chi connectivity index (χ2v) is 13.7. The van der Waals surface area contributed by atoms with Gasteiger partial charge in [-0.1, -0.05) is 184 Å². The number of unbranched alkanes of at least 4 members (excludes halogenated alkanes) is 23. The molecule has 0 radical (unpaired) electrons. The molecule has 0 rings (SSSR count). The Hall–Kier alpha value is -1.65. The number of hydrogen-bond acceptors (Lipinski definition) is 3. The van der Waals surface area contributed by atoms with Crippen molar-refractivity contribution in [3.05, 3.63) is 48.6 Å². The van der Waals surface area contributed by atoms with Crippen molar-refractivity contribution in [2.45, 2.75) is 212 Å². The minimum absolute atomic E-state index is 0.0762. The Morgan fingerprint density at radius 3 is 1.47 bits per heavy atom. The number of allylic oxidation sites excluding steroid dienone is 7. The maximum absolute atomic E-state index is 12.3. The Labute approximate surface area is 293 Å². The van der Waals surface area contributed by atoms with Crippen LogP contribution in [0.15, 0.2) is 48.6 Å². The minimum Gasteiger partial charge on any atom is -0.394 e. The molecule has 0 fully saturated rings. The number of rotatable bonds is 36. The van der Waals surface area contributed by atoms with E-state index in [2.05, 4.69) is 55.6 Å². The van der Waals surface area contributed by atoms with E-state index >= 15 is 0 Å². The van der Waals surface area contributed by atoms with E-state index in [1.165, 1.54) is 135 Å². The summed E-state index contributed by atoms with van der Waals surface area (Å²) in [6.07, 6.45) is 52.1. The van der Waals surface area contributed by atoms with Crippen molar-refractivity contribution in [1.29, 1.82) is 0 Å². The molecule has 4 nitrogen and oxygen atoms in total. The van der Waals surface area contributed by atoms with E-state index < -0.39 is 12.1 Å². The third kappa shape index (κ3) is 35.5. The van der Waals surface area contributed by atoms with E-state index in [1.807, 2.05) is 6.08 Å². The molecule has 3 N–H and O–H groups in total. The van der Waals surface area contributed by atoms with Crippen LogP contribution in [-0.2, 0) is 4.79 Å². The first kappa shape index (κ1) is 45.3. The number of nitrogens with one attached hydrogen (secondary N) is 1. The standard InChI is InChI=1S/C43H79NO3/c1-3-5-7-9-11-13-15-17-19-20-21-22-23-24-25-27-29-31-33-35-37-39-43(47)44-41(40-45)42(46)38-36-34-32-30-28-26-18-16-14-12-10-8-6-4-2/h5,7,11,13,28,30,36,38,41-42,45-46H,3-4,6,8-10,12,14-27,29,31-35,37,39-40H2,1-2H3,(H,44,47)/b7-5-,13-11-,30-28+,38-36+. The number of aliphatic hydroxyl groups is 2. The van der Waals surface area contributed by atoms with Gasteiger partial charge in [0, 0.05) is 6.42 Å². The molecule has 0 aliphatic carbocycles. The third-order valence-corrected chi connectivity index (χ3v) is 9.05. The molecule has 47 heavy (non-hydrogen) atoms. The third-order valence-electron chi connectivity index (χ3n) is 9.05. The number of carbonyl (C=O) groups excluding carboxylic acids is 1. The van der Waals surface area contributed by atoms with E-state index in [-0.39, 0.29) is 12.5 Å². The molecular weight excluding hydrogens is 578 g/mol. The lowest BCUT2D eigenvalue weighted by molar-refractivity contribution is -0.123. The average Bonchev–Trinajstić information content (AvgIpc) is 3.07. The summed E-state index contributed by atoms with van der Waals surface area (Å²) in [5, 5.41) is 22.9. The van der Waals surface area contributed by atoms with Gasteiger partial charge in [-0.05, 0) is 57.8 Å². The molecule has 0 spiro atoms. The molecular formula is C43H79NO3. The smallest absolute Gasteiger partial charge is 0.220 e. The zero-order valence-corrected chi connectivity index (χ0v) is 31.3. The zero-order valence-electron chi connectivity index (χ0n) is 31.3. The molecule has 0 bridgehead atoms. The van der Waals surface area contributed by atoms with E-state index in [0.29, 0.717) is 6.42 Å². The van der Waals surface area contributed by atoms with Gasteiger partial charge in [0.1, 0.15) is 0 Å². The summed E-state index contributed by atoms with van der Waals surface area (Å²) in [7, 11) is 0. The van der Waals surface area contributed by atoms with Crippen LogP contribution in [0.5, 0.6) is 0 Å². The Morgan fingerprint density at radius 1 is 0.532 bits per heavy atom. The quantitative estimate of drug-likeness (QED) is 0.0464. The molecule has 4 heteroatoms. The van der Waals surface area contributed by atoms with Crippen LogP contribution in [-0.4, -0.2) is 34.9 Å². The highest BCUT2D eigenvalue weighted by molar-refractivity contribution is 5.76. The van der Waals surface area contributed by atoms with Crippen molar-refractivity contribution in [3.8, 4) is 0 Å².